The standard InChI is InChI=1S/C24H33N5O3/c1-4-6-19(25)21-22(26-3)24(31)28-23(27-21)18-15-17(7-8-20(18)32-5-2)29-12-9-16(10-13-29)11-14-30/h7-8,14-16,25-26H,4-6,9-13H2,1-3H3,(H,27,28,31). The largest absolute Gasteiger partial charge is 0.493 e. The first-order chi connectivity index (χ1) is 15.5. The van der Waals surface area contributed by atoms with Crippen molar-refractivity contribution in [3.05, 3.63) is 34.2 Å². The van der Waals surface area contributed by atoms with Gasteiger partial charge in [0.05, 0.1) is 17.9 Å². The number of nitrogens with zero attached hydrogens (tertiary/aromatic N) is 2. The first kappa shape index (κ1) is 23.5. The minimum atomic E-state index is -0.309. The summed E-state index contributed by atoms with van der Waals surface area (Å²) in [4.78, 5) is 33.5. The SMILES string of the molecule is CCCC(=N)c1nc(-c2cc(N3CCC(CC=O)CC3)ccc2OCC)[nH]c(=O)c1NC. The fraction of sp³-hybridized carbons (Fsp3) is 0.500. The molecule has 8 heteroatoms. The van der Waals surface area contributed by atoms with Gasteiger partial charge in [-0.05, 0) is 50.3 Å². The van der Waals surface area contributed by atoms with Gasteiger partial charge in [-0.15, -0.1) is 0 Å². The molecule has 1 aromatic heterocycles. The molecular weight excluding hydrogens is 406 g/mol. The van der Waals surface area contributed by atoms with Gasteiger partial charge in [0.1, 0.15) is 29.2 Å². The third-order valence-corrected chi connectivity index (χ3v) is 5.88. The van der Waals surface area contributed by atoms with Gasteiger partial charge in [0.2, 0.25) is 0 Å². The molecule has 0 spiro atoms. The van der Waals surface area contributed by atoms with Crippen LogP contribution < -0.4 is 20.5 Å². The first-order valence-corrected chi connectivity index (χ1v) is 11.4. The van der Waals surface area contributed by atoms with Gasteiger partial charge in [-0.1, -0.05) is 13.3 Å². The molecule has 0 aliphatic carbocycles. The van der Waals surface area contributed by atoms with Crippen molar-refractivity contribution in [3.63, 3.8) is 0 Å². The number of piperidine rings is 1. The van der Waals surface area contributed by atoms with E-state index >= 15 is 0 Å². The van der Waals surface area contributed by atoms with Crippen molar-refractivity contribution in [2.45, 2.75) is 46.0 Å². The Kier molecular flexibility index (Phi) is 8.03. The highest BCUT2D eigenvalue weighted by molar-refractivity contribution is 6.01. The zero-order chi connectivity index (χ0) is 23.1. The predicted molar refractivity (Wildman–Crippen MR) is 128 cm³/mol. The lowest BCUT2D eigenvalue weighted by molar-refractivity contribution is -0.108. The summed E-state index contributed by atoms with van der Waals surface area (Å²) in [6, 6.07) is 5.93. The minimum absolute atomic E-state index is 0.304. The van der Waals surface area contributed by atoms with E-state index in [9.17, 15) is 9.59 Å². The lowest BCUT2D eigenvalue weighted by Crippen LogP contribution is -2.33. The number of hydrogen-bond donors (Lipinski definition) is 3. The molecule has 0 amide bonds. The Hall–Kier alpha value is -3.16. The maximum atomic E-state index is 12.8. The molecule has 1 fully saturated rings. The van der Waals surface area contributed by atoms with E-state index in [1.165, 1.54) is 0 Å². The van der Waals surface area contributed by atoms with E-state index in [2.05, 4.69) is 20.2 Å². The minimum Gasteiger partial charge on any atom is -0.493 e. The Balaban J connectivity index is 2.02. The van der Waals surface area contributed by atoms with Crippen LogP contribution in [0.1, 0.15) is 51.6 Å². The van der Waals surface area contributed by atoms with Crippen LogP contribution in [0.3, 0.4) is 0 Å². The Morgan fingerprint density at radius 3 is 2.72 bits per heavy atom. The van der Waals surface area contributed by atoms with E-state index in [0.717, 1.165) is 44.3 Å². The Labute approximate surface area is 188 Å². The lowest BCUT2D eigenvalue weighted by Gasteiger charge is -2.33. The summed E-state index contributed by atoms with van der Waals surface area (Å²) in [5.41, 5.74) is 2.42. The lowest BCUT2D eigenvalue weighted by atomic mass is 9.94. The molecule has 2 aromatic rings. The van der Waals surface area contributed by atoms with Gasteiger partial charge in [0.25, 0.3) is 5.56 Å². The number of aromatic amines is 1. The molecule has 3 N–H and O–H groups in total. The molecule has 3 rings (SSSR count). The molecule has 2 heterocycles. The summed E-state index contributed by atoms with van der Waals surface area (Å²) in [6.45, 7) is 6.15. The van der Waals surface area contributed by atoms with Crippen LogP contribution in [0.5, 0.6) is 5.75 Å². The second-order valence-corrected chi connectivity index (χ2v) is 8.06. The number of aldehydes is 1. The second kappa shape index (κ2) is 10.9. The van der Waals surface area contributed by atoms with Crippen molar-refractivity contribution in [1.82, 2.24) is 9.97 Å². The van der Waals surface area contributed by atoms with Crippen LogP contribution in [-0.2, 0) is 4.79 Å². The molecule has 0 radical (unpaired) electrons. The number of rotatable bonds is 10. The van der Waals surface area contributed by atoms with Gasteiger partial charge in [0, 0.05) is 32.2 Å². The molecule has 1 aromatic carbocycles. The predicted octanol–water partition coefficient (Wildman–Crippen LogP) is 3.85. The molecule has 0 bridgehead atoms. The highest BCUT2D eigenvalue weighted by Crippen LogP contribution is 2.34. The number of benzene rings is 1. The van der Waals surface area contributed by atoms with Crippen LogP contribution in [0, 0.1) is 11.3 Å². The van der Waals surface area contributed by atoms with Gasteiger partial charge < -0.3 is 30.1 Å². The average molecular weight is 440 g/mol. The van der Waals surface area contributed by atoms with Crippen LogP contribution in [0.15, 0.2) is 23.0 Å². The fourth-order valence-electron chi connectivity index (χ4n) is 4.16. The monoisotopic (exact) mass is 439 g/mol. The van der Waals surface area contributed by atoms with Crippen LogP contribution in [-0.4, -0.2) is 48.7 Å². The molecule has 1 aliphatic rings. The van der Waals surface area contributed by atoms with E-state index in [-0.39, 0.29) is 5.56 Å². The number of anilines is 2. The maximum Gasteiger partial charge on any atom is 0.275 e. The van der Waals surface area contributed by atoms with Crippen molar-refractivity contribution >= 4 is 23.4 Å². The van der Waals surface area contributed by atoms with Gasteiger partial charge in [-0.25, -0.2) is 4.98 Å². The van der Waals surface area contributed by atoms with Crippen molar-refractivity contribution in [3.8, 4) is 17.1 Å². The molecular formula is C24H33N5O3. The number of nitrogens with one attached hydrogen (secondary N) is 3. The molecule has 172 valence electrons. The van der Waals surface area contributed by atoms with E-state index < -0.39 is 0 Å². The topological polar surface area (TPSA) is 111 Å². The zero-order valence-corrected chi connectivity index (χ0v) is 19.2. The van der Waals surface area contributed by atoms with E-state index in [1.807, 2.05) is 32.0 Å². The molecule has 32 heavy (non-hydrogen) atoms. The second-order valence-electron chi connectivity index (χ2n) is 8.06. The summed E-state index contributed by atoms with van der Waals surface area (Å²) in [5, 5.41) is 11.3. The first-order valence-electron chi connectivity index (χ1n) is 11.4. The number of H-pyrrole nitrogens is 1. The summed E-state index contributed by atoms with van der Waals surface area (Å²) in [5.74, 6) is 1.48. The molecule has 8 nitrogen and oxygen atoms in total. The third kappa shape index (κ3) is 5.18. The molecule has 0 saturated carbocycles. The van der Waals surface area contributed by atoms with Crippen molar-refractivity contribution in [1.29, 1.82) is 5.41 Å². The summed E-state index contributed by atoms with van der Waals surface area (Å²) < 4.78 is 5.84. The fourth-order valence-corrected chi connectivity index (χ4v) is 4.16. The number of hydrogen-bond acceptors (Lipinski definition) is 7. The van der Waals surface area contributed by atoms with E-state index in [1.54, 1.807) is 7.05 Å². The third-order valence-electron chi connectivity index (χ3n) is 5.88. The molecule has 1 saturated heterocycles. The number of ether oxygens (including phenoxy) is 1. The van der Waals surface area contributed by atoms with Gasteiger partial charge in [0.15, 0.2) is 0 Å². The van der Waals surface area contributed by atoms with Crippen molar-refractivity contribution in [2.24, 2.45) is 5.92 Å². The van der Waals surface area contributed by atoms with Crippen molar-refractivity contribution in [2.75, 3.05) is 37.0 Å². The van der Waals surface area contributed by atoms with Crippen LogP contribution in [0.25, 0.3) is 11.4 Å². The smallest absolute Gasteiger partial charge is 0.275 e. The maximum absolute atomic E-state index is 12.8. The zero-order valence-electron chi connectivity index (χ0n) is 19.2. The highest BCUT2D eigenvalue weighted by Gasteiger charge is 2.22. The van der Waals surface area contributed by atoms with E-state index in [0.29, 0.717) is 59.6 Å². The number of carbonyl (C=O) groups excluding carboxylic acids is 1. The average Bonchev–Trinajstić information content (AvgIpc) is 2.80. The summed E-state index contributed by atoms with van der Waals surface area (Å²) >= 11 is 0. The number of carbonyl (C=O) groups is 1. The summed E-state index contributed by atoms with van der Waals surface area (Å²) in [7, 11) is 1.66. The molecule has 0 unspecified atom stereocenters. The van der Waals surface area contributed by atoms with Gasteiger partial charge in [-0.2, -0.15) is 0 Å². The van der Waals surface area contributed by atoms with Gasteiger partial charge in [-0.3, -0.25) is 4.79 Å². The van der Waals surface area contributed by atoms with Gasteiger partial charge >= 0.3 is 0 Å². The molecule has 0 atom stereocenters. The van der Waals surface area contributed by atoms with Crippen LogP contribution >= 0.6 is 0 Å². The summed E-state index contributed by atoms with van der Waals surface area (Å²) in [6.07, 6.45) is 4.93. The Bertz CT molecular complexity index is 1010. The van der Waals surface area contributed by atoms with E-state index in [4.69, 9.17) is 10.1 Å². The number of aromatic nitrogens is 2. The Morgan fingerprint density at radius 2 is 2.09 bits per heavy atom. The molecule has 1 aliphatic heterocycles. The highest BCUT2D eigenvalue weighted by atomic mass is 16.5. The Morgan fingerprint density at radius 1 is 1.34 bits per heavy atom. The van der Waals surface area contributed by atoms with Crippen molar-refractivity contribution < 1.29 is 9.53 Å². The van der Waals surface area contributed by atoms with Crippen LogP contribution in [0.2, 0.25) is 0 Å². The normalized spacial score (nSPS) is 14.3. The van der Waals surface area contributed by atoms with Crippen LogP contribution in [0.4, 0.5) is 11.4 Å². The quantitative estimate of drug-likeness (QED) is 0.383.